The van der Waals surface area contributed by atoms with E-state index in [4.69, 9.17) is 11.0 Å². The first-order valence-electron chi connectivity index (χ1n) is 7.33. The van der Waals surface area contributed by atoms with E-state index in [1.54, 1.807) is 6.07 Å². The van der Waals surface area contributed by atoms with E-state index in [0.29, 0.717) is 16.8 Å². The van der Waals surface area contributed by atoms with Crippen molar-refractivity contribution in [1.82, 2.24) is 0 Å². The van der Waals surface area contributed by atoms with Crippen LogP contribution in [0.15, 0.2) is 42.5 Å². The Morgan fingerprint density at radius 3 is 2.38 bits per heavy atom. The fraction of sp³-hybridized carbons (Fsp3) is 0. The summed E-state index contributed by atoms with van der Waals surface area (Å²) in [5, 5.41) is 19.2. The molecule has 3 rings (SSSR count). The number of carbonyl (C=O) groups is 2. The van der Waals surface area contributed by atoms with Crippen LogP contribution in [0.5, 0.6) is 0 Å². The number of carbonyl (C=O) groups excluding carboxylic acids is 1. The third-order valence-corrected chi connectivity index (χ3v) is 3.97. The molecule has 0 bridgehead atoms. The average molecular weight is 352 g/mol. The van der Waals surface area contributed by atoms with Gasteiger partial charge in [-0.1, -0.05) is 12.1 Å². The predicted octanol–water partition coefficient (Wildman–Crippen LogP) is 3.45. The number of halogens is 2. The molecule has 0 aliphatic heterocycles. The summed E-state index contributed by atoms with van der Waals surface area (Å²) in [6, 6.07) is 9.91. The molecule has 0 unspecified atom stereocenters. The summed E-state index contributed by atoms with van der Waals surface area (Å²) < 4.78 is 27.4. The predicted molar refractivity (Wildman–Crippen MR) is 89.5 cm³/mol. The highest BCUT2D eigenvalue weighted by Crippen LogP contribution is 2.36. The number of hydrogen-bond acceptors (Lipinski definition) is 3. The van der Waals surface area contributed by atoms with Crippen molar-refractivity contribution in [2.24, 2.45) is 5.73 Å². The number of carboxylic acid groups (broad SMARTS) is 1. The second-order valence-corrected chi connectivity index (χ2v) is 5.51. The van der Waals surface area contributed by atoms with E-state index < -0.39 is 29.1 Å². The number of primary amides is 1. The van der Waals surface area contributed by atoms with E-state index >= 15 is 0 Å². The fourth-order valence-corrected chi connectivity index (χ4v) is 2.84. The van der Waals surface area contributed by atoms with Gasteiger partial charge in [-0.25, -0.2) is 13.6 Å². The van der Waals surface area contributed by atoms with Crippen LogP contribution >= 0.6 is 0 Å². The first kappa shape index (κ1) is 17.0. The summed E-state index contributed by atoms with van der Waals surface area (Å²) in [4.78, 5) is 23.5. The summed E-state index contributed by atoms with van der Waals surface area (Å²) in [7, 11) is 0. The van der Waals surface area contributed by atoms with Crippen LogP contribution in [-0.2, 0) is 0 Å². The van der Waals surface area contributed by atoms with E-state index in [2.05, 4.69) is 0 Å². The van der Waals surface area contributed by atoms with Gasteiger partial charge >= 0.3 is 5.97 Å². The fourth-order valence-electron chi connectivity index (χ4n) is 2.84. The highest BCUT2D eigenvalue weighted by Gasteiger charge is 2.22. The molecule has 0 fully saturated rings. The number of rotatable bonds is 3. The lowest BCUT2D eigenvalue weighted by Crippen LogP contribution is -2.14. The van der Waals surface area contributed by atoms with E-state index in [1.807, 2.05) is 0 Å². The summed E-state index contributed by atoms with van der Waals surface area (Å²) in [5.74, 6) is -3.81. The zero-order valence-corrected chi connectivity index (χ0v) is 13.1. The first-order chi connectivity index (χ1) is 12.3. The van der Waals surface area contributed by atoms with Crippen LogP contribution < -0.4 is 5.73 Å². The molecule has 3 aromatic carbocycles. The Morgan fingerprint density at radius 1 is 1.04 bits per heavy atom. The minimum Gasteiger partial charge on any atom is -0.478 e. The molecule has 0 heterocycles. The summed E-state index contributed by atoms with van der Waals surface area (Å²) in [6.07, 6.45) is 0. The van der Waals surface area contributed by atoms with Crippen molar-refractivity contribution < 1.29 is 23.5 Å². The molecule has 7 heteroatoms. The molecule has 0 saturated carbocycles. The molecule has 26 heavy (non-hydrogen) atoms. The Hall–Kier alpha value is -3.79. The Balaban J connectivity index is 2.52. The lowest BCUT2D eigenvalue weighted by Gasteiger charge is -2.14. The number of carboxylic acids is 1. The number of nitrogens with zero attached hydrogens (tertiary/aromatic N) is 1. The van der Waals surface area contributed by atoms with Crippen molar-refractivity contribution in [3.8, 4) is 17.2 Å². The highest BCUT2D eigenvalue weighted by molar-refractivity contribution is 6.12. The zero-order chi connectivity index (χ0) is 19.0. The smallest absolute Gasteiger partial charge is 0.336 e. The third-order valence-electron chi connectivity index (χ3n) is 3.97. The number of fused-ring (bicyclic) bond motifs is 1. The van der Waals surface area contributed by atoms with Crippen molar-refractivity contribution in [2.45, 2.75) is 0 Å². The summed E-state index contributed by atoms with van der Waals surface area (Å²) in [5.41, 5.74) is 4.59. The van der Waals surface area contributed by atoms with Crippen LogP contribution in [0.25, 0.3) is 21.9 Å². The quantitative estimate of drug-likeness (QED) is 0.753. The van der Waals surface area contributed by atoms with Crippen LogP contribution in [0, 0.1) is 23.0 Å². The van der Waals surface area contributed by atoms with Crippen LogP contribution in [0.1, 0.15) is 26.3 Å². The number of hydrogen-bond donors (Lipinski definition) is 2. The number of nitrogens with two attached hydrogens (primary N) is 1. The van der Waals surface area contributed by atoms with Gasteiger partial charge < -0.3 is 10.8 Å². The van der Waals surface area contributed by atoms with Gasteiger partial charge in [0.05, 0.1) is 11.1 Å². The van der Waals surface area contributed by atoms with Gasteiger partial charge in [0.2, 0.25) is 5.91 Å². The molecular weight excluding hydrogens is 342 g/mol. The maximum Gasteiger partial charge on any atom is 0.336 e. The van der Waals surface area contributed by atoms with Crippen LogP contribution in [0.4, 0.5) is 8.78 Å². The second kappa shape index (κ2) is 6.26. The topological polar surface area (TPSA) is 104 Å². The van der Waals surface area contributed by atoms with Crippen LogP contribution in [-0.4, -0.2) is 17.0 Å². The molecule has 3 aromatic rings. The van der Waals surface area contributed by atoms with E-state index in [9.17, 15) is 23.5 Å². The van der Waals surface area contributed by atoms with Gasteiger partial charge in [-0.05, 0) is 46.7 Å². The molecule has 1 amide bonds. The summed E-state index contributed by atoms with van der Waals surface area (Å²) in [6.45, 7) is 0. The molecule has 0 radical (unpaired) electrons. The van der Waals surface area contributed by atoms with Gasteiger partial charge in [-0.15, -0.1) is 0 Å². The zero-order valence-electron chi connectivity index (χ0n) is 13.1. The Labute approximate surface area is 145 Å². The van der Waals surface area contributed by atoms with Crippen molar-refractivity contribution in [3.05, 3.63) is 70.8 Å². The molecule has 128 valence electrons. The number of aromatic carboxylic acids is 1. The van der Waals surface area contributed by atoms with E-state index in [1.165, 1.54) is 24.3 Å². The monoisotopic (exact) mass is 352 g/mol. The Bertz CT molecular complexity index is 1130. The molecule has 0 aromatic heterocycles. The van der Waals surface area contributed by atoms with Crippen molar-refractivity contribution in [2.75, 3.05) is 0 Å². The van der Waals surface area contributed by atoms with Crippen LogP contribution in [0.2, 0.25) is 0 Å². The lowest BCUT2D eigenvalue weighted by molar-refractivity contribution is 0.0696. The minimum absolute atomic E-state index is 0.0258. The number of benzene rings is 3. The minimum atomic E-state index is -1.45. The Kier molecular flexibility index (Phi) is 4.10. The molecular formula is C19H10F2N2O3. The van der Waals surface area contributed by atoms with Gasteiger partial charge in [-0.3, -0.25) is 4.79 Å². The molecule has 0 saturated heterocycles. The average Bonchev–Trinajstić information content (AvgIpc) is 2.60. The molecule has 0 aliphatic rings. The first-order valence-corrected chi connectivity index (χ1v) is 7.33. The highest BCUT2D eigenvalue weighted by atomic mass is 19.1. The molecule has 3 N–H and O–H groups in total. The maximum atomic E-state index is 13.9. The molecule has 0 atom stereocenters. The van der Waals surface area contributed by atoms with Gasteiger partial charge in [0.1, 0.15) is 17.7 Å². The van der Waals surface area contributed by atoms with Crippen molar-refractivity contribution in [1.29, 1.82) is 5.26 Å². The molecule has 5 nitrogen and oxygen atoms in total. The van der Waals surface area contributed by atoms with Crippen molar-refractivity contribution in [3.63, 3.8) is 0 Å². The van der Waals surface area contributed by atoms with Gasteiger partial charge in [-0.2, -0.15) is 5.26 Å². The number of nitriles is 1. The summed E-state index contributed by atoms with van der Waals surface area (Å²) >= 11 is 0. The molecule has 0 aliphatic carbocycles. The van der Waals surface area contributed by atoms with Gasteiger partial charge in [0.25, 0.3) is 0 Å². The Morgan fingerprint density at radius 2 is 1.77 bits per heavy atom. The second-order valence-electron chi connectivity index (χ2n) is 5.51. The van der Waals surface area contributed by atoms with E-state index in [0.717, 1.165) is 12.1 Å². The third kappa shape index (κ3) is 2.74. The van der Waals surface area contributed by atoms with Gasteiger partial charge in [0, 0.05) is 11.1 Å². The normalized spacial score (nSPS) is 10.5. The van der Waals surface area contributed by atoms with Crippen LogP contribution in [0.3, 0.4) is 0 Å². The van der Waals surface area contributed by atoms with E-state index in [-0.39, 0.29) is 22.3 Å². The largest absolute Gasteiger partial charge is 0.478 e. The van der Waals surface area contributed by atoms with Gasteiger partial charge in [0.15, 0.2) is 0 Å². The lowest BCUT2D eigenvalue weighted by atomic mass is 9.89. The standard InChI is InChI=1S/C19H10F2N2O3/c20-11-2-4-12-9(5-11)1-3-13(18(23)24)17(12)14-6-10(8-22)16(21)7-15(14)19(25)26/h1-7H,(H2,23,24)(H,25,26). The van der Waals surface area contributed by atoms with Crippen molar-refractivity contribution >= 4 is 22.6 Å². The number of amides is 1. The maximum absolute atomic E-state index is 13.9. The molecule has 0 spiro atoms. The SMILES string of the molecule is N#Cc1cc(-c2c(C(N)=O)ccc3cc(F)ccc23)c(C(=O)O)cc1F.